The highest BCUT2D eigenvalue weighted by Gasteiger charge is 2.22. The molecular weight excluding hydrogens is 276 g/mol. The van der Waals surface area contributed by atoms with Gasteiger partial charge in [0.15, 0.2) is 0 Å². The van der Waals surface area contributed by atoms with Gasteiger partial charge in [0, 0.05) is 32.7 Å². The summed E-state index contributed by atoms with van der Waals surface area (Å²) < 4.78 is 5.70. The molecule has 1 amide bonds. The van der Waals surface area contributed by atoms with E-state index in [0.717, 1.165) is 45.5 Å². The normalized spacial score (nSPS) is 17.6. The van der Waals surface area contributed by atoms with Crippen LogP contribution in [0.1, 0.15) is 30.4 Å². The molecule has 1 aromatic carbocycles. The summed E-state index contributed by atoms with van der Waals surface area (Å²) in [5, 5.41) is 3.05. The molecule has 1 N–H and O–H groups in total. The molecule has 0 aromatic heterocycles. The first-order valence-corrected chi connectivity index (χ1v) is 8.28. The number of amides is 1. The molecule has 1 unspecified atom stereocenters. The zero-order valence-corrected chi connectivity index (χ0v) is 13.8. The average molecular weight is 304 g/mol. The van der Waals surface area contributed by atoms with Gasteiger partial charge in [-0.15, -0.1) is 0 Å². The van der Waals surface area contributed by atoms with Crippen molar-refractivity contribution in [2.45, 2.75) is 38.7 Å². The van der Waals surface area contributed by atoms with E-state index in [1.54, 1.807) is 0 Å². The van der Waals surface area contributed by atoms with Crippen molar-refractivity contribution < 1.29 is 9.53 Å². The average Bonchev–Trinajstić information content (AvgIpc) is 3.03. The summed E-state index contributed by atoms with van der Waals surface area (Å²) in [5.41, 5.74) is 2.55. The second kappa shape index (κ2) is 8.91. The number of carbonyl (C=O) groups is 1. The summed E-state index contributed by atoms with van der Waals surface area (Å²) in [6.45, 7) is 5.15. The summed E-state index contributed by atoms with van der Waals surface area (Å²) >= 11 is 0. The van der Waals surface area contributed by atoms with Crippen molar-refractivity contribution in [3.05, 3.63) is 35.4 Å². The minimum atomic E-state index is 0.219. The zero-order chi connectivity index (χ0) is 15.8. The van der Waals surface area contributed by atoms with Gasteiger partial charge in [0.05, 0.1) is 6.10 Å². The topological polar surface area (TPSA) is 41.6 Å². The van der Waals surface area contributed by atoms with Crippen LogP contribution in [0, 0.1) is 6.92 Å². The molecule has 0 bridgehead atoms. The first kappa shape index (κ1) is 17.0. The van der Waals surface area contributed by atoms with Crippen molar-refractivity contribution in [1.82, 2.24) is 10.2 Å². The van der Waals surface area contributed by atoms with E-state index in [-0.39, 0.29) is 12.0 Å². The molecule has 1 fully saturated rings. The molecule has 122 valence electrons. The van der Waals surface area contributed by atoms with Gasteiger partial charge in [0.1, 0.15) is 0 Å². The lowest BCUT2D eigenvalue weighted by atomic mass is 10.1. The van der Waals surface area contributed by atoms with Crippen molar-refractivity contribution >= 4 is 5.91 Å². The molecule has 0 spiro atoms. The van der Waals surface area contributed by atoms with Gasteiger partial charge in [-0.1, -0.05) is 29.8 Å². The quantitative estimate of drug-likeness (QED) is 0.800. The summed E-state index contributed by atoms with van der Waals surface area (Å²) in [6, 6.07) is 8.56. The Morgan fingerprint density at radius 2 is 2.14 bits per heavy atom. The van der Waals surface area contributed by atoms with Crippen LogP contribution in [0.3, 0.4) is 0 Å². The van der Waals surface area contributed by atoms with Gasteiger partial charge < -0.3 is 15.0 Å². The molecule has 0 radical (unpaired) electrons. The van der Waals surface area contributed by atoms with E-state index < -0.39 is 0 Å². The van der Waals surface area contributed by atoms with Crippen LogP contribution < -0.4 is 5.32 Å². The monoisotopic (exact) mass is 304 g/mol. The number of benzene rings is 1. The maximum Gasteiger partial charge on any atom is 0.223 e. The predicted molar refractivity (Wildman–Crippen MR) is 89.0 cm³/mol. The van der Waals surface area contributed by atoms with E-state index in [9.17, 15) is 4.79 Å². The first-order valence-electron chi connectivity index (χ1n) is 8.28. The minimum absolute atomic E-state index is 0.219. The molecule has 4 heteroatoms. The van der Waals surface area contributed by atoms with Gasteiger partial charge in [0.25, 0.3) is 0 Å². The van der Waals surface area contributed by atoms with Crippen LogP contribution in [0.5, 0.6) is 0 Å². The number of carbonyl (C=O) groups excluding carboxylic acids is 1. The van der Waals surface area contributed by atoms with Gasteiger partial charge in [-0.05, 0) is 38.8 Å². The van der Waals surface area contributed by atoms with E-state index in [1.165, 1.54) is 11.1 Å². The fourth-order valence-corrected chi connectivity index (χ4v) is 2.76. The molecule has 1 aliphatic rings. The molecule has 1 heterocycles. The molecule has 4 nitrogen and oxygen atoms in total. The number of rotatable bonds is 8. The fourth-order valence-electron chi connectivity index (χ4n) is 2.76. The molecule has 1 saturated heterocycles. The van der Waals surface area contributed by atoms with Crippen molar-refractivity contribution in [2.24, 2.45) is 0 Å². The Morgan fingerprint density at radius 1 is 1.36 bits per heavy atom. The Hall–Kier alpha value is -1.39. The van der Waals surface area contributed by atoms with Crippen LogP contribution in [0.4, 0.5) is 0 Å². The Labute approximate surface area is 133 Å². The van der Waals surface area contributed by atoms with E-state index >= 15 is 0 Å². The largest absolute Gasteiger partial charge is 0.376 e. The Morgan fingerprint density at radius 3 is 2.77 bits per heavy atom. The highest BCUT2D eigenvalue weighted by atomic mass is 16.5. The lowest BCUT2D eigenvalue weighted by molar-refractivity contribution is -0.132. The van der Waals surface area contributed by atoms with Gasteiger partial charge in [-0.3, -0.25) is 4.79 Å². The summed E-state index contributed by atoms with van der Waals surface area (Å²) in [4.78, 5) is 14.4. The van der Waals surface area contributed by atoms with E-state index in [4.69, 9.17) is 4.74 Å². The first-order chi connectivity index (χ1) is 10.7. The van der Waals surface area contributed by atoms with Gasteiger partial charge >= 0.3 is 0 Å². The lowest BCUT2D eigenvalue weighted by Gasteiger charge is -2.25. The van der Waals surface area contributed by atoms with Crippen LogP contribution in [0.25, 0.3) is 0 Å². The maximum atomic E-state index is 12.4. The van der Waals surface area contributed by atoms with Gasteiger partial charge in [-0.2, -0.15) is 0 Å². The van der Waals surface area contributed by atoms with Gasteiger partial charge in [0.2, 0.25) is 5.91 Å². The van der Waals surface area contributed by atoms with Gasteiger partial charge in [-0.25, -0.2) is 0 Å². The maximum absolute atomic E-state index is 12.4. The number of nitrogens with zero attached hydrogens (tertiary/aromatic N) is 1. The number of ether oxygens (including phenoxy) is 1. The molecule has 0 saturated carbocycles. The third-order valence-electron chi connectivity index (χ3n) is 4.18. The summed E-state index contributed by atoms with van der Waals surface area (Å²) in [7, 11) is 1.88. The summed E-state index contributed by atoms with van der Waals surface area (Å²) in [5.74, 6) is 0.219. The molecular formula is C18H28N2O2. The third-order valence-corrected chi connectivity index (χ3v) is 4.18. The van der Waals surface area contributed by atoms with Crippen molar-refractivity contribution in [3.8, 4) is 0 Å². The smallest absolute Gasteiger partial charge is 0.223 e. The van der Waals surface area contributed by atoms with E-state index in [1.807, 2.05) is 11.9 Å². The van der Waals surface area contributed by atoms with Crippen LogP contribution in [0.15, 0.2) is 24.3 Å². The second-order valence-corrected chi connectivity index (χ2v) is 6.06. The number of aryl methyl sites for hydroxylation is 1. The SMILES string of the molecule is CNCCC(=O)N(CCc1ccc(C)cc1)CC1CCCO1. The number of hydrogen-bond donors (Lipinski definition) is 1. The third kappa shape index (κ3) is 5.43. The molecule has 22 heavy (non-hydrogen) atoms. The fraction of sp³-hybridized carbons (Fsp3) is 0.611. The number of hydrogen-bond acceptors (Lipinski definition) is 3. The highest BCUT2D eigenvalue weighted by molar-refractivity contribution is 5.76. The lowest BCUT2D eigenvalue weighted by Crippen LogP contribution is -2.39. The van der Waals surface area contributed by atoms with Crippen molar-refractivity contribution in [2.75, 3.05) is 33.3 Å². The van der Waals surface area contributed by atoms with Crippen LogP contribution in [0.2, 0.25) is 0 Å². The number of nitrogens with one attached hydrogen (secondary N) is 1. The minimum Gasteiger partial charge on any atom is -0.376 e. The van der Waals surface area contributed by atoms with E-state index in [2.05, 4.69) is 36.5 Å². The summed E-state index contributed by atoms with van der Waals surface area (Å²) in [6.07, 6.45) is 3.85. The van der Waals surface area contributed by atoms with E-state index in [0.29, 0.717) is 6.42 Å². The molecule has 2 rings (SSSR count). The van der Waals surface area contributed by atoms with Crippen LogP contribution >= 0.6 is 0 Å². The second-order valence-electron chi connectivity index (χ2n) is 6.06. The van der Waals surface area contributed by atoms with Crippen LogP contribution in [-0.4, -0.2) is 50.2 Å². The Bertz CT molecular complexity index is 453. The molecule has 0 aliphatic carbocycles. The Balaban J connectivity index is 1.90. The molecule has 1 aliphatic heterocycles. The predicted octanol–water partition coefficient (Wildman–Crippen LogP) is 2.15. The molecule has 1 atom stereocenters. The Kier molecular flexibility index (Phi) is 6.87. The zero-order valence-electron chi connectivity index (χ0n) is 13.8. The molecule has 1 aromatic rings. The standard InChI is InChI=1S/C18H28N2O2/c1-15-5-7-16(8-6-15)10-12-20(18(21)9-11-19-2)14-17-4-3-13-22-17/h5-8,17,19H,3-4,9-14H2,1-2H3. The highest BCUT2D eigenvalue weighted by Crippen LogP contribution is 2.14. The van der Waals surface area contributed by atoms with Crippen molar-refractivity contribution in [3.63, 3.8) is 0 Å². The van der Waals surface area contributed by atoms with Crippen LogP contribution in [-0.2, 0) is 16.0 Å². The van der Waals surface area contributed by atoms with Crippen molar-refractivity contribution in [1.29, 1.82) is 0 Å².